The highest BCUT2D eigenvalue weighted by molar-refractivity contribution is 5.79. The summed E-state index contributed by atoms with van der Waals surface area (Å²) in [5.74, 6) is -0.203. The van der Waals surface area contributed by atoms with Crippen LogP contribution in [-0.4, -0.2) is 22.1 Å². The fourth-order valence-corrected chi connectivity index (χ4v) is 1.95. The van der Waals surface area contributed by atoms with Crippen LogP contribution in [0.1, 0.15) is 30.9 Å². The van der Waals surface area contributed by atoms with Gasteiger partial charge in [0, 0.05) is 0 Å². The Morgan fingerprint density at radius 2 is 2.05 bits per heavy atom. The molecule has 1 heterocycles. The highest BCUT2D eigenvalue weighted by Gasteiger charge is 2.09. The second-order valence-electron chi connectivity index (χ2n) is 4.87. The zero-order valence-electron chi connectivity index (χ0n) is 11.8. The molecule has 0 atom stereocenters. The molecule has 1 aromatic heterocycles. The lowest BCUT2D eigenvalue weighted by atomic mass is 10.1. The molecule has 0 unspecified atom stereocenters. The van der Waals surface area contributed by atoms with Gasteiger partial charge < -0.3 is 9.30 Å². The second kappa shape index (κ2) is 5.87. The van der Waals surface area contributed by atoms with Gasteiger partial charge in [-0.2, -0.15) is 0 Å². The quantitative estimate of drug-likeness (QED) is 0.613. The number of benzene rings is 1. The fourth-order valence-electron chi connectivity index (χ4n) is 1.95. The molecule has 102 valence electrons. The Morgan fingerprint density at radius 3 is 2.79 bits per heavy atom. The van der Waals surface area contributed by atoms with Gasteiger partial charge in [-0.05, 0) is 43.5 Å². The third kappa shape index (κ3) is 3.13. The predicted molar refractivity (Wildman–Crippen MR) is 75.1 cm³/mol. The first-order valence-corrected chi connectivity index (χ1v) is 6.69. The van der Waals surface area contributed by atoms with Crippen molar-refractivity contribution >= 4 is 17.0 Å². The fraction of sp³-hybridized carbons (Fsp3) is 0.467. The van der Waals surface area contributed by atoms with Crippen LogP contribution in [-0.2, 0) is 16.1 Å². The summed E-state index contributed by atoms with van der Waals surface area (Å²) in [5, 5.41) is 0. The Balaban J connectivity index is 2.13. The standard InChI is InChI=1S/C15H20N2O2/c1-4-5-6-19-15(18)9-17-10-16-13-7-11(2)12(3)8-14(13)17/h7-8,10H,4-6,9H2,1-3H3. The van der Waals surface area contributed by atoms with Crippen LogP contribution in [0.4, 0.5) is 0 Å². The third-order valence-corrected chi connectivity index (χ3v) is 3.30. The van der Waals surface area contributed by atoms with Crippen molar-refractivity contribution in [1.82, 2.24) is 9.55 Å². The number of hydrogen-bond donors (Lipinski definition) is 0. The van der Waals surface area contributed by atoms with E-state index < -0.39 is 0 Å². The van der Waals surface area contributed by atoms with E-state index in [0.717, 1.165) is 23.9 Å². The average Bonchev–Trinajstić information content (AvgIpc) is 2.73. The van der Waals surface area contributed by atoms with Gasteiger partial charge in [0.25, 0.3) is 0 Å². The first kappa shape index (κ1) is 13.6. The lowest BCUT2D eigenvalue weighted by Gasteiger charge is -2.06. The van der Waals surface area contributed by atoms with Gasteiger partial charge in [-0.1, -0.05) is 13.3 Å². The number of hydrogen-bond acceptors (Lipinski definition) is 3. The molecule has 0 aliphatic rings. The van der Waals surface area contributed by atoms with Gasteiger partial charge in [-0.3, -0.25) is 4.79 Å². The van der Waals surface area contributed by atoms with Crippen LogP contribution in [0.15, 0.2) is 18.5 Å². The molecular formula is C15H20N2O2. The van der Waals surface area contributed by atoms with Crippen LogP contribution in [0, 0.1) is 13.8 Å². The number of fused-ring (bicyclic) bond motifs is 1. The molecule has 0 aliphatic carbocycles. The van der Waals surface area contributed by atoms with E-state index in [4.69, 9.17) is 4.74 Å². The largest absolute Gasteiger partial charge is 0.464 e. The summed E-state index contributed by atoms with van der Waals surface area (Å²) < 4.78 is 7.01. The molecule has 0 amide bonds. The first-order valence-electron chi connectivity index (χ1n) is 6.69. The minimum Gasteiger partial charge on any atom is -0.464 e. The maximum Gasteiger partial charge on any atom is 0.326 e. The summed E-state index contributed by atoms with van der Waals surface area (Å²) in [5.41, 5.74) is 4.32. The molecule has 4 nitrogen and oxygen atoms in total. The monoisotopic (exact) mass is 260 g/mol. The molecule has 0 N–H and O–H groups in total. The Bertz CT molecular complexity index is 587. The molecule has 0 fully saturated rings. The lowest BCUT2D eigenvalue weighted by Crippen LogP contribution is -2.13. The maximum atomic E-state index is 11.7. The van der Waals surface area contributed by atoms with E-state index in [1.165, 1.54) is 11.1 Å². The van der Waals surface area contributed by atoms with E-state index in [9.17, 15) is 4.79 Å². The van der Waals surface area contributed by atoms with Crippen molar-refractivity contribution in [2.24, 2.45) is 0 Å². The van der Waals surface area contributed by atoms with E-state index in [1.54, 1.807) is 6.33 Å². The van der Waals surface area contributed by atoms with Crippen molar-refractivity contribution in [3.8, 4) is 0 Å². The number of esters is 1. The summed E-state index contributed by atoms with van der Waals surface area (Å²) in [6.07, 6.45) is 3.64. The molecular weight excluding hydrogens is 240 g/mol. The normalized spacial score (nSPS) is 10.9. The zero-order valence-corrected chi connectivity index (χ0v) is 11.8. The van der Waals surface area contributed by atoms with E-state index in [-0.39, 0.29) is 12.5 Å². The maximum absolute atomic E-state index is 11.7. The molecule has 0 saturated heterocycles. The molecule has 2 aromatic rings. The zero-order chi connectivity index (χ0) is 13.8. The molecule has 0 bridgehead atoms. The molecule has 0 radical (unpaired) electrons. The number of nitrogens with zero attached hydrogens (tertiary/aromatic N) is 2. The Morgan fingerprint density at radius 1 is 1.32 bits per heavy atom. The molecule has 0 spiro atoms. The van der Waals surface area contributed by atoms with E-state index in [0.29, 0.717) is 6.61 Å². The summed E-state index contributed by atoms with van der Waals surface area (Å²) in [6, 6.07) is 4.11. The van der Waals surface area contributed by atoms with Crippen molar-refractivity contribution in [3.63, 3.8) is 0 Å². The smallest absolute Gasteiger partial charge is 0.326 e. The molecule has 0 saturated carbocycles. The molecule has 2 rings (SSSR count). The van der Waals surface area contributed by atoms with Crippen LogP contribution in [0.3, 0.4) is 0 Å². The highest BCUT2D eigenvalue weighted by Crippen LogP contribution is 2.18. The Kier molecular flexibility index (Phi) is 4.20. The van der Waals surface area contributed by atoms with E-state index >= 15 is 0 Å². The Labute approximate surface area is 113 Å². The number of ether oxygens (including phenoxy) is 1. The van der Waals surface area contributed by atoms with Crippen molar-refractivity contribution in [2.75, 3.05) is 6.61 Å². The molecule has 19 heavy (non-hydrogen) atoms. The van der Waals surface area contributed by atoms with Crippen molar-refractivity contribution in [3.05, 3.63) is 29.6 Å². The SMILES string of the molecule is CCCCOC(=O)Cn1cnc2cc(C)c(C)cc21. The predicted octanol–water partition coefficient (Wildman–Crippen LogP) is 3.00. The number of aryl methyl sites for hydroxylation is 2. The van der Waals surface area contributed by atoms with Gasteiger partial charge in [0.2, 0.25) is 0 Å². The van der Waals surface area contributed by atoms with Crippen LogP contribution >= 0.6 is 0 Å². The van der Waals surface area contributed by atoms with Gasteiger partial charge >= 0.3 is 5.97 Å². The number of carbonyl (C=O) groups is 1. The van der Waals surface area contributed by atoms with Gasteiger partial charge in [0.05, 0.1) is 24.0 Å². The van der Waals surface area contributed by atoms with Crippen LogP contribution in [0.25, 0.3) is 11.0 Å². The summed E-state index contributed by atoms with van der Waals surface area (Å²) >= 11 is 0. The minimum atomic E-state index is -0.203. The Hall–Kier alpha value is -1.84. The summed E-state index contributed by atoms with van der Waals surface area (Å²) in [7, 11) is 0. The van der Waals surface area contributed by atoms with Gasteiger partial charge in [0.1, 0.15) is 6.54 Å². The highest BCUT2D eigenvalue weighted by atomic mass is 16.5. The average molecular weight is 260 g/mol. The van der Waals surface area contributed by atoms with Gasteiger partial charge in [-0.25, -0.2) is 4.98 Å². The number of imidazole rings is 1. The topological polar surface area (TPSA) is 44.1 Å². The van der Waals surface area contributed by atoms with E-state index in [2.05, 4.69) is 31.8 Å². The second-order valence-corrected chi connectivity index (χ2v) is 4.87. The molecule has 0 aliphatic heterocycles. The number of rotatable bonds is 5. The first-order chi connectivity index (χ1) is 9.11. The van der Waals surface area contributed by atoms with Crippen LogP contribution < -0.4 is 0 Å². The van der Waals surface area contributed by atoms with Gasteiger partial charge in [-0.15, -0.1) is 0 Å². The number of carbonyl (C=O) groups excluding carboxylic acids is 1. The summed E-state index contributed by atoms with van der Waals surface area (Å²) in [4.78, 5) is 16.0. The molecule has 4 heteroatoms. The van der Waals surface area contributed by atoms with E-state index in [1.807, 2.05) is 10.6 Å². The molecule has 1 aromatic carbocycles. The van der Waals surface area contributed by atoms with Crippen molar-refractivity contribution in [1.29, 1.82) is 0 Å². The van der Waals surface area contributed by atoms with Crippen molar-refractivity contribution in [2.45, 2.75) is 40.2 Å². The van der Waals surface area contributed by atoms with Gasteiger partial charge in [0.15, 0.2) is 0 Å². The number of unbranched alkanes of at least 4 members (excludes halogenated alkanes) is 1. The number of aromatic nitrogens is 2. The lowest BCUT2D eigenvalue weighted by molar-refractivity contribution is -0.144. The van der Waals surface area contributed by atoms with Crippen LogP contribution in [0.2, 0.25) is 0 Å². The van der Waals surface area contributed by atoms with Crippen molar-refractivity contribution < 1.29 is 9.53 Å². The third-order valence-electron chi connectivity index (χ3n) is 3.30. The van der Waals surface area contributed by atoms with Crippen LogP contribution in [0.5, 0.6) is 0 Å². The summed E-state index contributed by atoms with van der Waals surface area (Å²) in [6.45, 7) is 6.92. The minimum absolute atomic E-state index is 0.203.